The number of aryl methyl sites for hydroxylation is 2. The number of aromatic nitrogens is 1. The predicted octanol–water partition coefficient (Wildman–Crippen LogP) is 10.8. The van der Waals surface area contributed by atoms with Gasteiger partial charge in [-0.2, -0.15) is 0 Å². The van der Waals surface area contributed by atoms with Crippen molar-refractivity contribution in [1.29, 1.82) is 0 Å². The van der Waals surface area contributed by atoms with Crippen molar-refractivity contribution in [3.63, 3.8) is 0 Å². The van der Waals surface area contributed by atoms with Gasteiger partial charge in [0.15, 0.2) is 0 Å². The van der Waals surface area contributed by atoms with Crippen LogP contribution < -0.4 is 7.16 Å². The van der Waals surface area contributed by atoms with E-state index in [2.05, 4.69) is 86.2 Å². The van der Waals surface area contributed by atoms with Crippen LogP contribution in [0.4, 0.5) is 0 Å². The van der Waals surface area contributed by atoms with Crippen LogP contribution in [-0.2, 0) is 6.54 Å². The number of rotatable bonds is 16. The standard InChI is InChI=1S/C30H43N.6CH3.2Sn/c1-5-7-9-11-12-14-16-26(15-13-10-8-6-2)23-31-29-19-17-24(3)21-27(29)28-22-25(4)18-20-30(28)31;;;;;;;;/h19-22,26H,5-16,23H2,1-4H3;6*1H3;;. The van der Waals surface area contributed by atoms with E-state index in [-0.39, 0.29) is 0 Å². The van der Waals surface area contributed by atoms with Gasteiger partial charge >= 0.3 is 239 Å². The topological polar surface area (TPSA) is 4.93 Å². The van der Waals surface area contributed by atoms with E-state index in [0.717, 1.165) is 5.92 Å². The number of benzene rings is 2. The van der Waals surface area contributed by atoms with Gasteiger partial charge in [0.1, 0.15) is 0 Å². The third-order valence-electron chi connectivity index (χ3n) is 9.05. The fourth-order valence-electron chi connectivity index (χ4n) is 6.87. The Morgan fingerprint density at radius 3 is 1.36 bits per heavy atom. The molecule has 3 rings (SSSR count). The molecule has 0 radical (unpaired) electrons. The normalized spacial score (nSPS) is 13.6. The summed E-state index contributed by atoms with van der Waals surface area (Å²) >= 11 is -4.48. The van der Waals surface area contributed by atoms with E-state index >= 15 is 0 Å². The zero-order chi connectivity index (χ0) is 28.8. The molecule has 0 fully saturated rings. The van der Waals surface area contributed by atoms with E-state index in [0.29, 0.717) is 0 Å². The minimum absolute atomic E-state index is 0.789. The van der Waals surface area contributed by atoms with Crippen molar-refractivity contribution in [3.05, 3.63) is 35.4 Å². The summed E-state index contributed by atoms with van der Waals surface area (Å²) in [6.45, 7) is 10.6. The van der Waals surface area contributed by atoms with Crippen LogP contribution in [0.5, 0.6) is 0 Å². The van der Waals surface area contributed by atoms with Gasteiger partial charge in [0.05, 0.1) is 0 Å². The number of fused-ring (bicyclic) bond motifs is 3. The number of unbranched alkanes of at least 4 members (excludes halogenated alkanes) is 8. The average Bonchev–Trinajstić information content (AvgIpc) is 3.12. The number of hydrogen-bond donors (Lipinski definition) is 0. The van der Waals surface area contributed by atoms with Crippen molar-refractivity contribution >= 4 is 65.7 Å². The summed E-state index contributed by atoms with van der Waals surface area (Å²) in [6.07, 6.45) is 16.7. The maximum absolute atomic E-state index is 2.81. The summed E-state index contributed by atoms with van der Waals surface area (Å²) in [5, 5.41) is 3.01. The molecule has 0 saturated heterocycles. The van der Waals surface area contributed by atoms with E-state index < -0.39 is 36.8 Å². The molecular formula is C36H61NSn2. The molecular weight excluding hydrogens is 684 g/mol. The molecule has 218 valence electrons. The SMILES string of the molecule is CCCCCCCCC(CCCCCC)Cn1c2c[c]([Sn]([CH3])([CH3])[CH3])c(C)cc2c2cc(C)[c]([Sn]([CH3])([CH3])[CH3])cc21. The summed E-state index contributed by atoms with van der Waals surface area (Å²) in [4.78, 5) is 15.5. The van der Waals surface area contributed by atoms with Crippen LogP contribution in [0, 0.1) is 19.8 Å². The van der Waals surface area contributed by atoms with Crippen molar-refractivity contribution in [2.45, 2.75) is 141 Å². The summed E-state index contributed by atoms with van der Waals surface area (Å²) in [5.74, 6) is 0.789. The molecule has 1 unspecified atom stereocenters. The Morgan fingerprint density at radius 2 is 0.949 bits per heavy atom. The molecule has 0 saturated carbocycles. The third-order valence-corrected chi connectivity index (χ3v) is 21.3. The van der Waals surface area contributed by atoms with E-state index in [9.17, 15) is 0 Å². The molecule has 1 nitrogen and oxygen atoms in total. The molecule has 0 aliphatic heterocycles. The van der Waals surface area contributed by atoms with Crippen molar-refractivity contribution in [3.8, 4) is 0 Å². The molecule has 0 aliphatic rings. The van der Waals surface area contributed by atoms with Gasteiger partial charge in [0, 0.05) is 0 Å². The first-order valence-corrected chi connectivity index (χ1v) is 36.4. The first-order valence-electron chi connectivity index (χ1n) is 16.5. The van der Waals surface area contributed by atoms with Crippen LogP contribution in [0.3, 0.4) is 0 Å². The zero-order valence-corrected chi connectivity index (χ0v) is 33.2. The maximum atomic E-state index is 2.81. The number of hydrogen-bond acceptors (Lipinski definition) is 0. The Bertz CT molecular complexity index is 1130. The van der Waals surface area contributed by atoms with Crippen LogP contribution in [0.25, 0.3) is 21.8 Å². The Kier molecular flexibility index (Phi) is 12.7. The summed E-state index contributed by atoms with van der Waals surface area (Å²) in [5.41, 5.74) is 6.12. The molecule has 0 bridgehead atoms. The Labute approximate surface area is 250 Å². The second-order valence-corrected chi connectivity index (χ2v) is 43.5. The number of nitrogens with zero attached hydrogens (tertiary/aromatic N) is 1. The molecule has 0 spiro atoms. The Hall–Kier alpha value is -0.163. The molecule has 0 amide bonds. The minimum atomic E-state index is -2.24. The van der Waals surface area contributed by atoms with Gasteiger partial charge in [-0.3, -0.25) is 0 Å². The van der Waals surface area contributed by atoms with E-state index in [1.165, 1.54) is 117 Å². The monoisotopic (exact) mass is 747 g/mol. The van der Waals surface area contributed by atoms with Crippen molar-refractivity contribution in [2.75, 3.05) is 0 Å². The van der Waals surface area contributed by atoms with Crippen LogP contribution in [0.2, 0.25) is 29.6 Å². The van der Waals surface area contributed by atoms with Crippen molar-refractivity contribution < 1.29 is 0 Å². The van der Waals surface area contributed by atoms with Crippen LogP contribution in [-0.4, -0.2) is 41.3 Å². The molecule has 1 atom stereocenters. The second kappa shape index (κ2) is 14.8. The quantitative estimate of drug-likeness (QED) is 0.102. The fourth-order valence-corrected chi connectivity index (χ4v) is 17.3. The van der Waals surface area contributed by atoms with Gasteiger partial charge < -0.3 is 0 Å². The van der Waals surface area contributed by atoms with E-state index in [1.807, 2.05) is 0 Å². The Balaban J connectivity index is 2.09. The molecule has 1 aromatic heterocycles. The van der Waals surface area contributed by atoms with Crippen LogP contribution >= 0.6 is 0 Å². The molecule has 0 aliphatic carbocycles. The molecule has 2 aromatic carbocycles. The summed E-state index contributed by atoms with van der Waals surface area (Å²) < 4.78 is 6.24. The van der Waals surface area contributed by atoms with Gasteiger partial charge in [-0.25, -0.2) is 0 Å². The second-order valence-electron chi connectivity index (χ2n) is 14.8. The predicted molar refractivity (Wildman–Crippen MR) is 185 cm³/mol. The average molecular weight is 745 g/mol. The zero-order valence-electron chi connectivity index (χ0n) is 27.5. The summed E-state index contributed by atoms with van der Waals surface area (Å²) in [6, 6.07) is 10.5. The molecule has 0 N–H and O–H groups in total. The first-order chi connectivity index (χ1) is 18.4. The van der Waals surface area contributed by atoms with E-state index in [4.69, 9.17) is 0 Å². The fraction of sp³-hybridized carbons (Fsp3) is 0.667. The molecule has 3 aromatic rings. The summed E-state index contributed by atoms with van der Waals surface area (Å²) in [7, 11) is 0. The first kappa shape index (κ1) is 33.3. The van der Waals surface area contributed by atoms with Crippen LogP contribution in [0.1, 0.15) is 102 Å². The molecule has 3 heteroatoms. The molecule has 1 heterocycles. The molecule has 39 heavy (non-hydrogen) atoms. The van der Waals surface area contributed by atoms with Gasteiger partial charge in [-0.15, -0.1) is 0 Å². The van der Waals surface area contributed by atoms with Crippen molar-refractivity contribution in [1.82, 2.24) is 4.57 Å². The van der Waals surface area contributed by atoms with Crippen LogP contribution in [0.15, 0.2) is 24.3 Å². The Morgan fingerprint density at radius 1 is 0.564 bits per heavy atom. The third kappa shape index (κ3) is 8.91. The van der Waals surface area contributed by atoms with Gasteiger partial charge in [0.2, 0.25) is 0 Å². The van der Waals surface area contributed by atoms with Gasteiger partial charge in [0.25, 0.3) is 0 Å². The van der Waals surface area contributed by atoms with Gasteiger partial charge in [-0.05, 0) is 0 Å². The van der Waals surface area contributed by atoms with Crippen molar-refractivity contribution in [2.24, 2.45) is 5.92 Å². The van der Waals surface area contributed by atoms with Gasteiger partial charge in [-0.1, -0.05) is 13.3 Å². The van der Waals surface area contributed by atoms with E-state index in [1.54, 1.807) is 7.16 Å².